The minimum atomic E-state index is 0.318. The van der Waals surface area contributed by atoms with Crippen LogP contribution in [0.3, 0.4) is 0 Å². The lowest BCUT2D eigenvalue weighted by Gasteiger charge is -2.38. The molecule has 0 radical (unpaired) electrons. The Kier molecular flexibility index (Phi) is 8.52. The predicted molar refractivity (Wildman–Crippen MR) is 82.0 cm³/mol. The van der Waals surface area contributed by atoms with Crippen LogP contribution in [0.2, 0.25) is 0 Å². The number of hydrogen-bond donors (Lipinski definition) is 1. The van der Waals surface area contributed by atoms with E-state index >= 15 is 0 Å². The van der Waals surface area contributed by atoms with Gasteiger partial charge in [0.15, 0.2) is 0 Å². The lowest BCUT2D eigenvalue weighted by molar-refractivity contribution is 0.135. The number of hydrogen-bond acceptors (Lipinski definition) is 3. The third kappa shape index (κ3) is 6.68. The van der Waals surface area contributed by atoms with Crippen LogP contribution < -0.4 is 5.32 Å². The van der Waals surface area contributed by atoms with Gasteiger partial charge < -0.3 is 10.2 Å². The van der Waals surface area contributed by atoms with E-state index in [1.165, 1.54) is 12.2 Å². The molecule has 0 aromatic heterocycles. The van der Waals surface area contributed by atoms with Crippen molar-refractivity contribution in [3.8, 4) is 0 Å². The maximum absolute atomic E-state index is 3.54. The molecule has 0 rings (SSSR count). The molecule has 0 aromatic carbocycles. The molecule has 0 spiro atoms. The summed E-state index contributed by atoms with van der Waals surface area (Å²) >= 11 is 1.94. The van der Waals surface area contributed by atoms with Gasteiger partial charge in [-0.15, -0.1) is 0 Å². The van der Waals surface area contributed by atoms with E-state index in [2.05, 4.69) is 58.1 Å². The number of nitrogens with zero attached hydrogens (tertiary/aromatic N) is 1. The van der Waals surface area contributed by atoms with Gasteiger partial charge in [0.1, 0.15) is 0 Å². The largest absolute Gasteiger partial charge is 0.314 e. The maximum Gasteiger partial charge on any atom is 0.0102 e. The topological polar surface area (TPSA) is 15.3 Å². The van der Waals surface area contributed by atoms with E-state index < -0.39 is 0 Å². The first kappa shape index (κ1) is 17.3. The van der Waals surface area contributed by atoms with Crippen molar-refractivity contribution in [2.45, 2.75) is 53.1 Å². The second-order valence-corrected chi connectivity index (χ2v) is 6.80. The van der Waals surface area contributed by atoms with Crippen molar-refractivity contribution in [2.75, 3.05) is 32.1 Å². The fourth-order valence-corrected chi connectivity index (χ4v) is 2.60. The molecule has 0 aromatic rings. The average Bonchev–Trinajstić information content (AvgIpc) is 2.25. The van der Waals surface area contributed by atoms with Gasteiger partial charge >= 0.3 is 0 Å². The van der Waals surface area contributed by atoms with E-state index in [0.717, 1.165) is 13.1 Å². The molecule has 0 amide bonds. The fourth-order valence-electron chi connectivity index (χ4n) is 2.03. The highest BCUT2D eigenvalue weighted by molar-refractivity contribution is 7.98. The Morgan fingerprint density at radius 1 is 1.29 bits per heavy atom. The van der Waals surface area contributed by atoms with Gasteiger partial charge in [0.2, 0.25) is 0 Å². The van der Waals surface area contributed by atoms with E-state index in [1.807, 2.05) is 11.8 Å². The van der Waals surface area contributed by atoms with Crippen molar-refractivity contribution in [1.82, 2.24) is 10.2 Å². The molecule has 0 aliphatic heterocycles. The third-order valence-corrected chi connectivity index (χ3v) is 4.48. The van der Waals surface area contributed by atoms with Gasteiger partial charge in [0.25, 0.3) is 0 Å². The van der Waals surface area contributed by atoms with Gasteiger partial charge in [-0.1, -0.05) is 20.8 Å². The highest BCUT2D eigenvalue weighted by Crippen LogP contribution is 2.23. The van der Waals surface area contributed by atoms with Gasteiger partial charge in [-0.05, 0) is 51.3 Å². The van der Waals surface area contributed by atoms with Crippen molar-refractivity contribution in [3.63, 3.8) is 0 Å². The van der Waals surface area contributed by atoms with E-state index in [1.54, 1.807) is 0 Å². The molecule has 2 unspecified atom stereocenters. The van der Waals surface area contributed by atoms with Crippen molar-refractivity contribution in [3.05, 3.63) is 0 Å². The first-order chi connectivity index (χ1) is 7.85. The van der Waals surface area contributed by atoms with Crippen LogP contribution in [0.1, 0.15) is 41.0 Å². The lowest BCUT2D eigenvalue weighted by Crippen LogP contribution is -2.47. The second kappa shape index (κ2) is 8.39. The third-order valence-electron chi connectivity index (χ3n) is 3.83. The average molecular weight is 260 g/mol. The molecular weight excluding hydrogens is 228 g/mol. The van der Waals surface area contributed by atoms with Crippen LogP contribution in [0, 0.1) is 5.41 Å². The monoisotopic (exact) mass is 260 g/mol. The SMILES string of the molecule is CCNC(C)C(C)(C)CN(C)C(C)CCSC. The summed E-state index contributed by atoms with van der Waals surface area (Å²) in [6.45, 7) is 13.7. The Bertz CT molecular complexity index is 195. The lowest BCUT2D eigenvalue weighted by atomic mass is 9.84. The van der Waals surface area contributed by atoms with Crippen molar-refractivity contribution in [1.29, 1.82) is 0 Å². The first-order valence-electron chi connectivity index (χ1n) is 6.77. The summed E-state index contributed by atoms with van der Waals surface area (Å²) in [6, 6.07) is 1.23. The Labute approximate surface area is 113 Å². The number of rotatable bonds is 9. The molecule has 0 fully saturated rings. The van der Waals surface area contributed by atoms with Crippen LogP contribution >= 0.6 is 11.8 Å². The van der Waals surface area contributed by atoms with Crippen LogP contribution in [0.4, 0.5) is 0 Å². The summed E-state index contributed by atoms with van der Waals surface area (Å²) in [5.41, 5.74) is 0.318. The number of thioether (sulfide) groups is 1. The Balaban J connectivity index is 4.19. The fraction of sp³-hybridized carbons (Fsp3) is 1.00. The van der Waals surface area contributed by atoms with E-state index in [4.69, 9.17) is 0 Å². The molecule has 2 nitrogen and oxygen atoms in total. The van der Waals surface area contributed by atoms with E-state index in [-0.39, 0.29) is 0 Å². The Hall–Kier alpha value is 0.270. The minimum absolute atomic E-state index is 0.318. The normalized spacial score (nSPS) is 16.2. The van der Waals surface area contributed by atoms with E-state index in [9.17, 15) is 0 Å². The summed E-state index contributed by atoms with van der Waals surface area (Å²) in [5, 5.41) is 3.54. The zero-order valence-electron chi connectivity index (χ0n) is 12.8. The molecule has 17 heavy (non-hydrogen) atoms. The standard InChI is InChI=1S/C14H32N2S/c1-8-15-13(3)14(4,5)11-16(6)12(2)9-10-17-7/h12-13,15H,8-11H2,1-7H3. The molecule has 0 aliphatic carbocycles. The quantitative estimate of drug-likeness (QED) is 0.686. The molecule has 3 heteroatoms. The molecule has 0 saturated heterocycles. The van der Waals surface area contributed by atoms with Crippen LogP contribution in [-0.2, 0) is 0 Å². The molecule has 104 valence electrons. The van der Waals surface area contributed by atoms with Crippen LogP contribution in [-0.4, -0.2) is 49.1 Å². The van der Waals surface area contributed by atoms with Crippen molar-refractivity contribution < 1.29 is 0 Å². The van der Waals surface area contributed by atoms with E-state index in [0.29, 0.717) is 17.5 Å². The highest BCUT2D eigenvalue weighted by atomic mass is 32.2. The van der Waals surface area contributed by atoms with Crippen LogP contribution in [0.5, 0.6) is 0 Å². The first-order valence-corrected chi connectivity index (χ1v) is 8.17. The predicted octanol–water partition coefficient (Wildman–Crippen LogP) is 3.08. The smallest absolute Gasteiger partial charge is 0.0102 e. The summed E-state index contributed by atoms with van der Waals surface area (Å²) < 4.78 is 0. The van der Waals surface area contributed by atoms with Gasteiger partial charge in [0, 0.05) is 18.6 Å². The summed E-state index contributed by atoms with van der Waals surface area (Å²) in [7, 11) is 2.26. The van der Waals surface area contributed by atoms with Crippen molar-refractivity contribution >= 4 is 11.8 Å². The van der Waals surface area contributed by atoms with Crippen LogP contribution in [0.15, 0.2) is 0 Å². The minimum Gasteiger partial charge on any atom is -0.314 e. The molecule has 2 atom stereocenters. The Morgan fingerprint density at radius 2 is 1.88 bits per heavy atom. The summed E-state index contributed by atoms with van der Waals surface area (Å²) in [4.78, 5) is 2.50. The van der Waals surface area contributed by atoms with Gasteiger partial charge in [-0.2, -0.15) is 11.8 Å². The molecular formula is C14H32N2S. The van der Waals surface area contributed by atoms with Gasteiger partial charge in [0.05, 0.1) is 0 Å². The van der Waals surface area contributed by atoms with Gasteiger partial charge in [-0.3, -0.25) is 0 Å². The summed E-state index contributed by atoms with van der Waals surface area (Å²) in [6.07, 6.45) is 3.47. The number of nitrogens with one attached hydrogen (secondary N) is 1. The molecule has 0 saturated carbocycles. The Morgan fingerprint density at radius 3 is 2.35 bits per heavy atom. The van der Waals surface area contributed by atoms with Crippen LogP contribution in [0.25, 0.3) is 0 Å². The molecule has 0 aliphatic rings. The summed E-state index contributed by atoms with van der Waals surface area (Å²) in [5.74, 6) is 1.26. The highest BCUT2D eigenvalue weighted by Gasteiger charge is 2.27. The second-order valence-electron chi connectivity index (χ2n) is 5.81. The zero-order chi connectivity index (χ0) is 13.5. The molecule has 0 heterocycles. The van der Waals surface area contributed by atoms with Gasteiger partial charge in [-0.25, -0.2) is 0 Å². The maximum atomic E-state index is 3.54. The molecule has 0 bridgehead atoms. The zero-order valence-corrected chi connectivity index (χ0v) is 13.7. The molecule has 1 N–H and O–H groups in total. The van der Waals surface area contributed by atoms with Crippen molar-refractivity contribution in [2.24, 2.45) is 5.41 Å².